The number of carbonyl (C=O) groups excluding carboxylic acids is 1. The van der Waals surface area contributed by atoms with Gasteiger partial charge in [-0.2, -0.15) is 5.10 Å². The Morgan fingerprint density at radius 2 is 2.35 bits per heavy atom. The summed E-state index contributed by atoms with van der Waals surface area (Å²) in [4.78, 5) is 18.2. The van der Waals surface area contributed by atoms with Crippen LogP contribution in [0.4, 0.5) is 0 Å². The van der Waals surface area contributed by atoms with Crippen molar-refractivity contribution >= 4 is 5.91 Å². The Balaban J connectivity index is 1.52. The highest BCUT2D eigenvalue weighted by Gasteiger charge is 2.34. The molecule has 0 aliphatic carbocycles. The minimum Gasteiger partial charge on any atom is -0.391 e. The summed E-state index contributed by atoms with van der Waals surface area (Å²) >= 11 is 0. The average molecular weight is 314 g/mol. The van der Waals surface area contributed by atoms with Crippen molar-refractivity contribution in [3.05, 3.63) is 47.5 Å². The largest absolute Gasteiger partial charge is 0.391 e. The van der Waals surface area contributed by atoms with Crippen molar-refractivity contribution < 1.29 is 9.90 Å². The Bertz CT molecular complexity index is 656. The van der Waals surface area contributed by atoms with Crippen molar-refractivity contribution in [2.75, 3.05) is 13.1 Å². The number of aromatic amines is 1. The van der Waals surface area contributed by atoms with Crippen LogP contribution in [-0.2, 0) is 17.6 Å². The van der Waals surface area contributed by atoms with Gasteiger partial charge in [-0.25, -0.2) is 0 Å². The number of pyridine rings is 1. The van der Waals surface area contributed by atoms with Crippen LogP contribution in [0.5, 0.6) is 0 Å². The number of aryl methyl sites for hydroxylation is 2. The maximum atomic E-state index is 12.3. The number of aliphatic hydroxyl groups excluding tert-OH is 1. The molecule has 0 spiro atoms. The first-order chi connectivity index (χ1) is 11.1. The number of aliphatic hydroxyl groups is 1. The van der Waals surface area contributed by atoms with Gasteiger partial charge in [0.2, 0.25) is 5.91 Å². The molecule has 3 heterocycles. The van der Waals surface area contributed by atoms with Gasteiger partial charge in [-0.1, -0.05) is 6.07 Å². The SMILES string of the molecule is Cc1cc(C[C@@H]2CN(C(=O)CCc3cccnc3)C[C@H]2O)n[nH]1. The molecule has 1 aliphatic heterocycles. The minimum absolute atomic E-state index is 0.0556. The molecule has 0 bridgehead atoms. The van der Waals surface area contributed by atoms with Crippen LogP contribution in [0.15, 0.2) is 30.6 Å². The molecule has 1 aliphatic rings. The van der Waals surface area contributed by atoms with E-state index in [9.17, 15) is 9.90 Å². The van der Waals surface area contributed by atoms with Gasteiger partial charge >= 0.3 is 0 Å². The molecule has 23 heavy (non-hydrogen) atoms. The van der Waals surface area contributed by atoms with E-state index in [1.165, 1.54) is 0 Å². The maximum absolute atomic E-state index is 12.3. The van der Waals surface area contributed by atoms with Crippen LogP contribution >= 0.6 is 0 Å². The van der Waals surface area contributed by atoms with Crippen molar-refractivity contribution in [2.45, 2.75) is 32.3 Å². The second-order valence-electron chi connectivity index (χ2n) is 6.23. The number of amides is 1. The molecule has 1 amide bonds. The smallest absolute Gasteiger partial charge is 0.223 e. The van der Waals surface area contributed by atoms with Crippen LogP contribution in [-0.4, -0.2) is 50.3 Å². The lowest BCUT2D eigenvalue weighted by molar-refractivity contribution is -0.130. The van der Waals surface area contributed by atoms with Gasteiger partial charge in [-0.05, 0) is 37.5 Å². The summed E-state index contributed by atoms with van der Waals surface area (Å²) < 4.78 is 0. The third-order valence-electron chi connectivity index (χ3n) is 4.34. The Hall–Kier alpha value is -2.21. The van der Waals surface area contributed by atoms with Gasteiger partial charge in [0, 0.05) is 43.5 Å². The van der Waals surface area contributed by atoms with Crippen LogP contribution in [0.2, 0.25) is 0 Å². The number of rotatable bonds is 5. The van der Waals surface area contributed by atoms with Crippen molar-refractivity contribution in [1.29, 1.82) is 0 Å². The number of carbonyl (C=O) groups is 1. The number of β-amino-alcohol motifs (C(OH)–C–C–N with tert-alkyl or cyclic N) is 1. The van der Waals surface area contributed by atoms with Crippen molar-refractivity contribution in [1.82, 2.24) is 20.1 Å². The highest BCUT2D eigenvalue weighted by atomic mass is 16.3. The Labute approximate surface area is 135 Å². The minimum atomic E-state index is -0.477. The summed E-state index contributed by atoms with van der Waals surface area (Å²) in [6.45, 7) is 2.97. The number of nitrogens with zero attached hydrogens (tertiary/aromatic N) is 3. The topological polar surface area (TPSA) is 82.1 Å². The molecule has 122 valence electrons. The molecule has 1 saturated heterocycles. The maximum Gasteiger partial charge on any atom is 0.223 e. The van der Waals surface area contributed by atoms with Gasteiger partial charge < -0.3 is 10.0 Å². The van der Waals surface area contributed by atoms with E-state index in [-0.39, 0.29) is 11.8 Å². The third-order valence-corrected chi connectivity index (χ3v) is 4.34. The molecular weight excluding hydrogens is 292 g/mol. The van der Waals surface area contributed by atoms with Crippen LogP contribution < -0.4 is 0 Å². The van der Waals surface area contributed by atoms with Crippen LogP contribution in [0.1, 0.15) is 23.4 Å². The second kappa shape index (κ2) is 6.91. The normalized spacial score (nSPS) is 20.9. The predicted octanol–water partition coefficient (Wildman–Crippen LogP) is 1.11. The number of hydrogen-bond acceptors (Lipinski definition) is 4. The van der Waals surface area contributed by atoms with E-state index in [1.54, 1.807) is 17.3 Å². The number of nitrogens with one attached hydrogen (secondary N) is 1. The van der Waals surface area contributed by atoms with Gasteiger partial charge in [0.05, 0.1) is 11.8 Å². The molecule has 1 fully saturated rings. The monoisotopic (exact) mass is 314 g/mol. The molecule has 0 aromatic carbocycles. The molecule has 2 aromatic heterocycles. The summed E-state index contributed by atoms with van der Waals surface area (Å²) in [7, 11) is 0. The molecule has 6 heteroatoms. The second-order valence-corrected chi connectivity index (χ2v) is 6.23. The zero-order valence-corrected chi connectivity index (χ0v) is 13.3. The van der Waals surface area contributed by atoms with Gasteiger partial charge in [0.15, 0.2) is 0 Å². The summed E-state index contributed by atoms with van der Waals surface area (Å²) in [5.74, 6) is 0.147. The highest BCUT2D eigenvalue weighted by molar-refractivity contribution is 5.76. The fourth-order valence-corrected chi connectivity index (χ4v) is 3.06. The lowest BCUT2D eigenvalue weighted by Gasteiger charge is -2.15. The number of aromatic nitrogens is 3. The zero-order chi connectivity index (χ0) is 16.2. The molecule has 3 rings (SSSR count). The molecule has 2 aromatic rings. The number of likely N-dealkylation sites (tertiary alicyclic amines) is 1. The summed E-state index contributed by atoms with van der Waals surface area (Å²) in [6.07, 6.45) is 4.86. The van der Waals surface area contributed by atoms with Crippen LogP contribution in [0.25, 0.3) is 0 Å². The fraction of sp³-hybridized carbons (Fsp3) is 0.471. The summed E-state index contributed by atoms with van der Waals surface area (Å²) in [5, 5.41) is 17.3. The Morgan fingerprint density at radius 1 is 1.48 bits per heavy atom. The summed E-state index contributed by atoms with van der Waals surface area (Å²) in [6, 6.07) is 5.84. The molecule has 0 saturated carbocycles. The van der Waals surface area contributed by atoms with E-state index in [2.05, 4.69) is 15.2 Å². The van der Waals surface area contributed by atoms with Gasteiger partial charge in [0.25, 0.3) is 0 Å². The van der Waals surface area contributed by atoms with E-state index in [0.717, 1.165) is 17.0 Å². The van der Waals surface area contributed by atoms with Crippen molar-refractivity contribution in [2.24, 2.45) is 5.92 Å². The number of hydrogen-bond donors (Lipinski definition) is 2. The summed E-state index contributed by atoms with van der Waals surface area (Å²) in [5.41, 5.74) is 3.01. The Kier molecular flexibility index (Phi) is 4.71. The molecule has 0 unspecified atom stereocenters. The molecule has 2 atom stereocenters. The zero-order valence-electron chi connectivity index (χ0n) is 13.3. The molecule has 0 radical (unpaired) electrons. The first-order valence-electron chi connectivity index (χ1n) is 7.97. The molecule has 2 N–H and O–H groups in total. The van der Waals surface area contributed by atoms with Gasteiger partial charge in [-0.15, -0.1) is 0 Å². The third kappa shape index (κ3) is 3.96. The van der Waals surface area contributed by atoms with E-state index in [0.29, 0.717) is 32.4 Å². The van der Waals surface area contributed by atoms with Gasteiger partial charge in [-0.3, -0.25) is 14.9 Å². The van der Waals surface area contributed by atoms with E-state index >= 15 is 0 Å². The van der Waals surface area contributed by atoms with E-state index in [1.807, 2.05) is 25.1 Å². The fourth-order valence-electron chi connectivity index (χ4n) is 3.06. The number of H-pyrrole nitrogens is 1. The van der Waals surface area contributed by atoms with Gasteiger partial charge in [0.1, 0.15) is 0 Å². The first kappa shape index (κ1) is 15.7. The lowest BCUT2D eigenvalue weighted by Crippen LogP contribution is -2.29. The standard InChI is InChI=1S/C17H22N4O2/c1-12-7-15(20-19-12)8-14-10-21(11-16(14)22)17(23)5-4-13-3-2-6-18-9-13/h2-3,6-7,9,14,16,22H,4-5,8,10-11H2,1H3,(H,19,20)/t14-,16-/m1/s1. The molecule has 6 nitrogen and oxygen atoms in total. The van der Waals surface area contributed by atoms with E-state index < -0.39 is 6.10 Å². The quantitative estimate of drug-likeness (QED) is 0.866. The van der Waals surface area contributed by atoms with Crippen molar-refractivity contribution in [3.63, 3.8) is 0 Å². The average Bonchev–Trinajstić information content (AvgIpc) is 3.13. The predicted molar refractivity (Wildman–Crippen MR) is 85.7 cm³/mol. The van der Waals surface area contributed by atoms with E-state index in [4.69, 9.17) is 0 Å². The lowest BCUT2D eigenvalue weighted by atomic mass is 10.0. The van der Waals surface area contributed by atoms with Crippen molar-refractivity contribution in [3.8, 4) is 0 Å². The molecular formula is C17H22N4O2. The van der Waals surface area contributed by atoms with Crippen LogP contribution in [0, 0.1) is 12.8 Å². The first-order valence-corrected chi connectivity index (χ1v) is 7.97. The van der Waals surface area contributed by atoms with Crippen LogP contribution in [0.3, 0.4) is 0 Å². The highest BCUT2D eigenvalue weighted by Crippen LogP contribution is 2.22. The Morgan fingerprint density at radius 3 is 3.04 bits per heavy atom.